The zero-order valence-electron chi connectivity index (χ0n) is 11.8. The number of hydrogen-bond donors (Lipinski definition) is 3. The van der Waals surface area contributed by atoms with Gasteiger partial charge in [0.1, 0.15) is 0 Å². The maximum absolute atomic E-state index is 11.9. The van der Waals surface area contributed by atoms with Gasteiger partial charge in [-0.25, -0.2) is 0 Å². The van der Waals surface area contributed by atoms with Gasteiger partial charge in [-0.1, -0.05) is 6.92 Å². The van der Waals surface area contributed by atoms with Crippen LogP contribution in [0.2, 0.25) is 0 Å². The molecule has 1 rings (SSSR count). The van der Waals surface area contributed by atoms with Crippen LogP contribution >= 0.6 is 0 Å². The molecular weight excluding hydrogens is 230 g/mol. The zero-order chi connectivity index (χ0) is 13.8. The Balaban J connectivity index is 2.29. The predicted molar refractivity (Wildman–Crippen MR) is 71.1 cm³/mol. The molecule has 1 heterocycles. The number of hydrogen-bond acceptors (Lipinski definition) is 3. The third-order valence-electron chi connectivity index (χ3n) is 3.49. The van der Waals surface area contributed by atoms with Crippen molar-refractivity contribution in [3.8, 4) is 0 Å². The van der Waals surface area contributed by atoms with E-state index < -0.39 is 0 Å². The molecule has 0 bridgehead atoms. The molecule has 2 amide bonds. The maximum atomic E-state index is 11.9. The van der Waals surface area contributed by atoms with Crippen molar-refractivity contribution in [1.82, 2.24) is 16.0 Å². The smallest absolute Gasteiger partial charge is 0.237 e. The summed E-state index contributed by atoms with van der Waals surface area (Å²) in [5.41, 5.74) is -0.172. The van der Waals surface area contributed by atoms with Gasteiger partial charge in [0.05, 0.1) is 6.04 Å². The number of carbonyl (C=O) groups is 2. The molecule has 0 aliphatic carbocycles. The molecule has 104 valence electrons. The Kier molecular flexibility index (Phi) is 5.14. The van der Waals surface area contributed by atoms with Crippen molar-refractivity contribution < 1.29 is 9.59 Å². The number of nitrogens with one attached hydrogen (secondary N) is 3. The minimum Gasteiger partial charge on any atom is -0.352 e. The molecule has 1 saturated heterocycles. The summed E-state index contributed by atoms with van der Waals surface area (Å²) in [6.07, 6.45) is 2.33. The Labute approximate surface area is 109 Å². The fourth-order valence-corrected chi connectivity index (χ4v) is 1.77. The van der Waals surface area contributed by atoms with Crippen LogP contribution in [0.4, 0.5) is 0 Å². The van der Waals surface area contributed by atoms with Crippen LogP contribution in [0.15, 0.2) is 0 Å². The summed E-state index contributed by atoms with van der Waals surface area (Å²) in [6, 6.07) is -0.0831. The topological polar surface area (TPSA) is 70.2 Å². The highest BCUT2D eigenvalue weighted by molar-refractivity contribution is 5.82. The van der Waals surface area contributed by atoms with Gasteiger partial charge in [0.15, 0.2) is 0 Å². The number of rotatable bonds is 6. The van der Waals surface area contributed by atoms with Gasteiger partial charge in [-0.2, -0.15) is 0 Å². The Morgan fingerprint density at radius 2 is 2.22 bits per heavy atom. The summed E-state index contributed by atoms with van der Waals surface area (Å²) in [7, 11) is 0. The van der Waals surface area contributed by atoms with E-state index in [-0.39, 0.29) is 29.4 Å². The van der Waals surface area contributed by atoms with Gasteiger partial charge in [0.25, 0.3) is 0 Å². The molecule has 2 unspecified atom stereocenters. The summed E-state index contributed by atoms with van der Waals surface area (Å²) in [5.74, 6) is 0.109. The van der Waals surface area contributed by atoms with Crippen molar-refractivity contribution in [3.05, 3.63) is 0 Å². The zero-order valence-corrected chi connectivity index (χ0v) is 11.8. The third kappa shape index (κ3) is 4.64. The molecule has 0 aromatic heterocycles. The molecule has 5 nitrogen and oxygen atoms in total. The summed E-state index contributed by atoms with van der Waals surface area (Å²) in [5, 5.41) is 9.04. The highest BCUT2D eigenvalue weighted by Gasteiger charge is 2.24. The van der Waals surface area contributed by atoms with Crippen LogP contribution in [-0.4, -0.2) is 36.0 Å². The Bertz CT molecular complexity index is 315. The molecule has 2 atom stereocenters. The van der Waals surface area contributed by atoms with E-state index in [0.29, 0.717) is 13.0 Å². The first-order chi connectivity index (χ1) is 8.34. The third-order valence-corrected chi connectivity index (χ3v) is 3.49. The van der Waals surface area contributed by atoms with Crippen LogP contribution < -0.4 is 16.0 Å². The average Bonchev–Trinajstić information content (AvgIpc) is 2.71. The lowest BCUT2D eigenvalue weighted by Gasteiger charge is -2.27. The van der Waals surface area contributed by atoms with Crippen LogP contribution in [0.5, 0.6) is 0 Å². The van der Waals surface area contributed by atoms with Crippen LogP contribution in [0.1, 0.15) is 47.0 Å². The van der Waals surface area contributed by atoms with Gasteiger partial charge in [-0.3, -0.25) is 9.59 Å². The van der Waals surface area contributed by atoms with Crippen molar-refractivity contribution in [1.29, 1.82) is 0 Å². The van der Waals surface area contributed by atoms with Crippen molar-refractivity contribution in [2.75, 3.05) is 6.54 Å². The highest BCUT2D eigenvalue weighted by Crippen LogP contribution is 2.08. The highest BCUT2D eigenvalue weighted by atomic mass is 16.2. The molecule has 3 N–H and O–H groups in total. The predicted octanol–water partition coefficient (Wildman–Crippen LogP) is 0.548. The lowest BCUT2D eigenvalue weighted by atomic mass is 10.0. The normalized spacial score (nSPS) is 21.6. The molecular formula is C13H25N3O2. The Hall–Kier alpha value is -1.10. The average molecular weight is 255 g/mol. The van der Waals surface area contributed by atoms with Gasteiger partial charge in [0, 0.05) is 24.5 Å². The Morgan fingerprint density at radius 1 is 1.56 bits per heavy atom. The van der Waals surface area contributed by atoms with Crippen LogP contribution in [0, 0.1) is 0 Å². The van der Waals surface area contributed by atoms with Crippen LogP contribution in [-0.2, 0) is 9.59 Å². The van der Waals surface area contributed by atoms with Gasteiger partial charge < -0.3 is 16.0 Å². The molecule has 0 spiro atoms. The van der Waals surface area contributed by atoms with Gasteiger partial charge in [-0.15, -0.1) is 0 Å². The molecule has 1 fully saturated rings. The van der Waals surface area contributed by atoms with Gasteiger partial charge in [-0.05, 0) is 33.6 Å². The molecule has 0 aromatic carbocycles. The van der Waals surface area contributed by atoms with E-state index in [9.17, 15) is 9.59 Å². The molecule has 1 aliphatic rings. The lowest BCUT2D eigenvalue weighted by Crippen LogP contribution is -2.52. The van der Waals surface area contributed by atoms with Crippen LogP contribution in [0.25, 0.3) is 0 Å². The summed E-state index contributed by atoms with van der Waals surface area (Å²) >= 11 is 0. The largest absolute Gasteiger partial charge is 0.352 e. The maximum Gasteiger partial charge on any atom is 0.237 e. The first kappa shape index (κ1) is 15.0. The molecule has 18 heavy (non-hydrogen) atoms. The SMILES string of the molecule is CCC(C)(C)NC(=O)C(C)NCC1CCC(=O)N1. The molecule has 1 aliphatic heterocycles. The van der Waals surface area contributed by atoms with E-state index in [1.54, 1.807) is 0 Å². The van der Waals surface area contributed by atoms with E-state index in [1.807, 2.05) is 27.7 Å². The molecule has 0 radical (unpaired) electrons. The van der Waals surface area contributed by atoms with E-state index in [4.69, 9.17) is 0 Å². The Morgan fingerprint density at radius 3 is 2.72 bits per heavy atom. The minimum absolute atomic E-state index is 0.00572. The van der Waals surface area contributed by atoms with Crippen LogP contribution in [0.3, 0.4) is 0 Å². The van der Waals surface area contributed by atoms with Gasteiger partial charge in [0.2, 0.25) is 11.8 Å². The number of carbonyl (C=O) groups excluding carboxylic acids is 2. The molecule has 0 saturated carbocycles. The monoisotopic (exact) mass is 255 g/mol. The standard InChI is InChI=1S/C13H25N3O2/c1-5-13(3,4)16-12(18)9(2)14-8-10-6-7-11(17)15-10/h9-10,14H,5-8H2,1-4H3,(H,15,17)(H,16,18). The minimum atomic E-state index is -0.242. The van der Waals surface area contributed by atoms with E-state index in [2.05, 4.69) is 16.0 Å². The van der Waals surface area contributed by atoms with Gasteiger partial charge >= 0.3 is 0 Å². The van der Waals surface area contributed by atoms with Crippen molar-refractivity contribution >= 4 is 11.8 Å². The molecule has 5 heteroatoms. The summed E-state index contributed by atoms with van der Waals surface area (Å²) < 4.78 is 0. The quantitative estimate of drug-likeness (QED) is 0.649. The second-order valence-corrected chi connectivity index (χ2v) is 5.66. The van der Waals surface area contributed by atoms with Crippen molar-refractivity contribution in [2.45, 2.75) is 64.6 Å². The van der Waals surface area contributed by atoms with Crippen molar-refractivity contribution in [3.63, 3.8) is 0 Å². The first-order valence-corrected chi connectivity index (χ1v) is 6.69. The second-order valence-electron chi connectivity index (χ2n) is 5.66. The summed E-state index contributed by atoms with van der Waals surface area (Å²) in [6.45, 7) is 8.56. The van der Waals surface area contributed by atoms with E-state index in [0.717, 1.165) is 12.8 Å². The second kappa shape index (κ2) is 6.18. The fraction of sp³-hybridized carbons (Fsp3) is 0.846. The first-order valence-electron chi connectivity index (χ1n) is 6.69. The van der Waals surface area contributed by atoms with E-state index in [1.165, 1.54) is 0 Å². The van der Waals surface area contributed by atoms with E-state index >= 15 is 0 Å². The lowest BCUT2D eigenvalue weighted by molar-refractivity contribution is -0.124. The fourth-order valence-electron chi connectivity index (χ4n) is 1.77. The molecule has 0 aromatic rings. The number of amides is 2. The van der Waals surface area contributed by atoms with Crippen molar-refractivity contribution in [2.24, 2.45) is 0 Å². The summed E-state index contributed by atoms with van der Waals surface area (Å²) in [4.78, 5) is 23.0.